The monoisotopic (exact) mass is 474 g/mol. The van der Waals surface area contributed by atoms with Crippen LogP contribution in [0.15, 0.2) is 71.6 Å². The van der Waals surface area contributed by atoms with Gasteiger partial charge in [-0.05, 0) is 54.4 Å². The number of hydrogen-bond acceptors (Lipinski definition) is 5. The molecule has 0 aliphatic rings. The molecule has 0 aromatic heterocycles. The molecule has 32 heavy (non-hydrogen) atoms. The second-order valence-electron chi connectivity index (χ2n) is 6.92. The van der Waals surface area contributed by atoms with Gasteiger partial charge in [-0.25, -0.2) is 13.1 Å². The van der Waals surface area contributed by atoms with Crippen LogP contribution in [0.2, 0.25) is 5.02 Å². The Kier molecular flexibility index (Phi) is 7.74. The average Bonchev–Trinajstić information content (AvgIpc) is 2.78. The maximum atomic E-state index is 12.6. The minimum atomic E-state index is -3.69. The van der Waals surface area contributed by atoms with Crippen molar-refractivity contribution >= 4 is 33.2 Å². The Morgan fingerprint density at radius 2 is 1.72 bits per heavy atom. The third-order valence-electron chi connectivity index (χ3n) is 4.56. The minimum Gasteiger partial charge on any atom is -0.495 e. The Bertz CT molecular complexity index is 1200. The van der Waals surface area contributed by atoms with Crippen LogP contribution in [-0.4, -0.2) is 28.0 Å². The largest absolute Gasteiger partial charge is 0.495 e. The van der Waals surface area contributed by atoms with E-state index in [4.69, 9.17) is 21.1 Å². The van der Waals surface area contributed by atoms with E-state index in [1.165, 1.54) is 25.3 Å². The Morgan fingerprint density at radius 3 is 2.41 bits per heavy atom. The topological polar surface area (TPSA) is 93.7 Å². The molecule has 0 radical (unpaired) electrons. The normalized spacial score (nSPS) is 11.1. The molecule has 7 nitrogen and oxygen atoms in total. The van der Waals surface area contributed by atoms with Gasteiger partial charge in [0.15, 0.2) is 6.61 Å². The first-order chi connectivity index (χ1) is 15.3. The predicted octanol–water partition coefficient (Wildman–Crippen LogP) is 4.15. The zero-order valence-corrected chi connectivity index (χ0v) is 19.2. The van der Waals surface area contributed by atoms with Gasteiger partial charge in [-0.2, -0.15) is 0 Å². The second-order valence-corrected chi connectivity index (χ2v) is 9.12. The summed E-state index contributed by atoms with van der Waals surface area (Å²) in [4.78, 5) is 12.4. The molecule has 168 valence electrons. The number of nitrogens with one attached hydrogen (secondary N) is 2. The molecule has 0 aliphatic carbocycles. The fourth-order valence-electron chi connectivity index (χ4n) is 2.92. The lowest BCUT2D eigenvalue weighted by molar-refractivity contribution is -0.118. The van der Waals surface area contributed by atoms with Crippen molar-refractivity contribution in [3.05, 3.63) is 82.9 Å². The van der Waals surface area contributed by atoms with Crippen LogP contribution in [0.5, 0.6) is 11.5 Å². The number of carbonyl (C=O) groups is 1. The SMILES string of the molecule is COc1ccc(Cl)cc1NC(=O)COc1ccc(S(=O)(=O)NCc2ccccc2)cc1C. The summed E-state index contributed by atoms with van der Waals surface area (Å²) in [7, 11) is -2.20. The van der Waals surface area contributed by atoms with Crippen molar-refractivity contribution < 1.29 is 22.7 Å². The molecule has 2 N–H and O–H groups in total. The predicted molar refractivity (Wildman–Crippen MR) is 124 cm³/mol. The highest BCUT2D eigenvalue weighted by Gasteiger charge is 2.16. The van der Waals surface area contributed by atoms with Crippen molar-refractivity contribution in [3.8, 4) is 11.5 Å². The van der Waals surface area contributed by atoms with Gasteiger partial charge in [-0.3, -0.25) is 4.79 Å². The van der Waals surface area contributed by atoms with Gasteiger partial charge in [0.05, 0.1) is 17.7 Å². The second kappa shape index (κ2) is 10.5. The Balaban J connectivity index is 1.61. The zero-order valence-electron chi connectivity index (χ0n) is 17.6. The summed E-state index contributed by atoms with van der Waals surface area (Å²) in [5, 5.41) is 3.13. The minimum absolute atomic E-state index is 0.117. The quantitative estimate of drug-likeness (QED) is 0.486. The molecule has 0 saturated carbocycles. The van der Waals surface area contributed by atoms with Crippen LogP contribution in [0, 0.1) is 6.92 Å². The van der Waals surface area contributed by atoms with Crippen molar-refractivity contribution in [1.82, 2.24) is 4.72 Å². The van der Waals surface area contributed by atoms with E-state index in [0.717, 1.165) is 5.56 Å². The molecule has 0 bridgehead atoms. The maximum absolute atomic E-state index is 12.6. The average molecular weight is 475 g/mol. The summed E-state index contributed by atoms with van der Waals surface area (Å²) >= 11 is 5.97. The molecule has 0 fully saturated rings. The van der Waals surface area contributed by atoms with Crippen LogP contribution >= 0.6 is 11.6 Å². The Labute approximate surface area is 192 Å². The number of ether oxygens (including phenoxy) is 2. The third-order valence-corrected chi connectivity index (χ3v) is 6.19. The summed E-state index contributed by atoms with van der Waals surface area (Å²) < 4.78 is 38.5. The molecule has 3 rings (SSSR count). The molecule has 0 spiro atoms. The molecule has 0 heterocycles. The first-order valence-corrected chi connectivity index (χ1v) is 11.5. The summed E-state index contributed by atoms with van der Waals surface area (Å²) in [5.74, 6) is 0.461. The van der Waals surface area contributed by atoms with Gasteiger partial charge in [-0.15, -0.1) is 0 Å². The first kappa shape index (κ1) is 23.6. The van der Waals surface area contributed by atoms with Crippen LogP contribution in [0.4, 0.5) is 5.69 Å². The van der Waals surface area contributed by atoms with Gasteiger partial charge in [0.1, 0.15) is 11.5 Å². The van der Waals surface area contributed by atoms with Crippen molar-refractivity contribution in [3.63, 3.8) is 0 Å². The lowest BCUT2D eigenvalue weighted by Crippen LogP contribution is -2.23. The number of benzene rings is 3. The van der Waals surface area contributed by atoms with E-state index < -0.39 is 15.9 Å². The maximum Gasteiger partial charge on any atom is 0.262 e. The van der Waals surface area contributed by atoms with E-state index in [9.17, 15) is 13.2 Å². The fourth-order valence-corrected chi connectivity index (χ4v) is 4.19. The number of methoxy groups -OCH3 is 1. The standard InChI is InChI=1S/C23H23ClN2O5S/c1-16-12-19(32(28,29)25-14-17-6-4-3-5-7-17)9-11-21(16)31-15-23(27)26-20-13-18(24)8-10-22(20)30-2/h3-13,25H,14-15H2,1-2H3,(H,26,27). The zero-order chi connectivity index (χ0) is 23.1. The number of hydrogen-bond donors (Lipinski definition) is 2. The van der Waals surface area contributed by atoms with E-state index in [2.05, 4.69) is 10.0 Å². The lowest BCUT2D eigenvalue weighted by Gasteiger charge is -2.13. The number of aryl methyl sites for hydroxylation is 1. The molecule has 3 aromatic rings. The Morgan fingerprint density at radius 1 is 1.00 bits per heavy atom. The van der Waals surface area contributed by atoms with Crippen LogP contribution in [0.3, 0.4) is 0 Å². The fraction of sp³-hybridized carbons (Fsp3) is 0.174. The third kappa shape index (κ3) is 6.23. The molecule has 1 amide bonds. The summed E-state index contributed by atoms with van der Waals surface area (Å²) in [6, 6.07) is 18.6. The smallest absolute Gasteiger partial charge is 0.262 e. The molecule has 3 aromatic carbocycles. The highest BCUT2D eigenvalue weighted by molar-refractivity contribution is 7.89. The van der Waals surface area contributed by atoms with E-state index in [1.54, 1.807) is 25.1 Å². The van der Waals surface area contributed by atoms with E-state index in [1.807, 2.05) is 30.3 Å². The Hall–Kier alpha value is -3.07. The first-order valence-electron chi connectivity index (χ1n) is 9.69. The summed E-state index contributed by atoms with van der Waals surface area (Å²) in [5.41, 5.74) is 1.87. The van der Waals surface area contributed by atoms with Gasteiger partial charge < -0.3 is 14.8 Å². The molecule has 0 saturated heterocycles. The lowest BCUT2D eigenvalue weighted by atomic mass is 10.2. The van der Waals surface area contributed by atoms with Crippen molar-refractivity contribution in [2.75, 3.05) is 19.0 Å². The molecule has 0 atom stereocenters. The number of anilines is 1. The van der Waals surface area contributed by atoms with E-state index >= 15 is 0 Å². The summed E-state index contributed by atoms with van der Waals surface area (Å²) in [6.45, 7) is 1.63. The summed E-state index contributed by atoms with van der Waals surface area (Å²) in [6.07, 6.45) is 0. The van der Waals surface area contributed by atoms with Crippen LogP contribution in [0.1, 0.15) is 11.1 Å². The highest BCUT2D eigenvalue weighted by Crippen LogP contribution is 2.28. The number of rotatable bonds is 9. The van der Waals surface area contributed by atoms with Crippen LogP contribution in [0.25, 0.3) is 0 Å². The number of sulfonamides is 1. The molecule has 9 heteroatoms. The van der Waals surface area contributed by atoms with E-state index in [-0.39, 0.29) is 18.0 Å². The molecular formula is C23H23ClN2O5S. The van der Waals surface area contributed by atoms with Crippen molar-refractivity contribution in [2.24, 2.45) is 0 Å². The number of halogens is 1. The highest BCUT2D eigenvalue weighted by atomic mass is 35.5. The van der Waals surface area contributed by atoms with Gasteiger partial charge in [0, 0.05) is 11.6 Å². The number of amides is 1. The van der Waals surface area contributed by atoms with E-state index in [0.29, 0.717) is 27.8 Å². The molecular weight excluding hydrogens is 452 g/mol. The molecule has 0 unspecified atom stereocenters. The van der Waals surface area contributed by atoms with Gasteiger partial charge in [0.25, 0.3) is 5.91 Å². The van der Waals surface area contributed by atoms with Crippen LogP contribution in [-0.2, 0) is 21.4 Å². The van der Waals surface area contributed by atoms with Gasteiger partial charge in [-0.1, -0.05) is 41.9 Å². The number of carbonyl (C=O) groups excluding carboxylic acids is 1. The molecule has 0 aliphatic heterocycles. The van der Waals surface area contributed by atoms with Crippen molar-refractivity contribution in [1.29, 1.82) is 0 Å². The van der Waals surface area contributed by atoms with Gasteiger partial charge >= 0.3 is 0 Å². The van der Waals surface area contributed by atoms with Gasteiger partial charge in [0.2, 0.25) is 10.0 Å². The van der Waals surface area contributed by atoms with Crippen LogP contribution < -0.4 is 19.5 Å². The van der Waals surface area contributed by atoms with Crippen molar-refractivity contribution in [2.45, 2.75) is 18.4 Å².